The Morgan fingerprint density at radius 1 is 1.12 bits per heavy atom. The third kappa shape index (κ3) is 4.97. The van der Waals surface area contributed by atoms with Crippen molar-refractivity contribution in [3.63, 3.8) is 0 Å². The zero-order chi connectivity index (χ0) is 17.5. The van der Waals surface area contributed by atoms with E-state index in [0.29, 0.717) is 6.61 Å². The smallest absolute Gasteiger partial charge is 0.129 e. The number of likely N-dealkylation sites (tertiary alicyclic amines) is 1. The van der Waals surface area contributed by atoms with Crippen LogP contribution in [0.3, 0.4) is 0 Å². The molecule has 2 aromatic carbocycles. The van der Waals surface area contributed by atoms with Crippen LogP contribution in [0.25, 0.3) is 11.1 Å². The normalized spacial score (nSPS) is 15.9. The standard InChI is InChI=1S/C21H28N2O2/c1-22-18-8-9-20(17-6-3-2-4-7-17)21(16-18)25-15-5-12-23-13-10-19(24)11-14-23/h2-4,6-9,16,19,22,24H,5,10-15H2,1H3. The summed E-state index contributed by atoms with van der Waals surface area (Å²) in [5, 5.41) is 12.8. The molecule has 4 nitrogen and oxygen atoms in total. The van der Waals surface area contributed by atoms with Crippen molar-refractivity contribution in [3.05, 3.63) is 48.5 Å². The summed E-state index contributed by atoms with van der Waals surface area (Å²) in [6, 6.07) is 16.6. The molecule has 0 aromatic heterocycles. The predicted octanol–water partition coefficient (Wildman–Crippen LogP) is 3.62. The molecule has 0 saturated carbocycles. The first kappa shape index (κ1) is 17.8. The molecule has 0 unspecified atom stereocenters. The quantitative estimate of drug-likeness (QED) is 0.756. The van der Waals surface area contributed by atoms with Gasteiger partial charge in [-0.15, -0.1) is 0 Å². The van der Waals surface area contributed by atoms with Gasteiger partial charge in [0, 0.05) is 44.0 Å². The van der Waals surface area contributed by atoms with E-state index in [1.807, 2.05) is 13.1 Å². The minimum absolute atomic E-state index is 0.106. The van der Waals surface area contributed by atoms with E-state index in [4.69, 9.17) is 4.74 Å². The van der Waals surface area contributed by atoms with Crippen molar-refractivity contribution >= 4 is 5.69 Å². The Balaban J connectivity index is 1.59. The highest BCUT2D eigenvalue weighted by Gasteiger charge is 2.16. The number of nitrogens with one attached hydrogen (secondary N) is 1. The second-order valence-electron chi connectivity index (χ2n) is 6.60. The van der Waals surface area contributed by atoms with Crippen molar-refractivity contribution < 1.29 is 9.84 Å². The average Bonchev–Trinajstić information content (AvgIpc) is 2.67. The van der Waals surface area contributed by atoms with Gasteiger partial charge < -0.3 is 20.1 Å². The van der Waals surface area contributed by atoms with Crippen molar-refractivity contribution in [2.75, 3.05) is 38.6 Å². The molecule has 134 valence electrons. The van der Waals surface area contributed by atoms with Gasteiger partial charge in [0.25, 0.3) is 0 Å². The average molecular weight is 340 g/mol. The zero-order valence-electron chi connectivity index (χ0n) is 14.9. The predicted molar refractivity (Wildman–Crippen MR) is 103 cm³/mol. The lowest BCUT2D eigenvalue weighted by atomic mass is 10.0. The summed E-state index contributed by atoms with van der Waals surface area (Å²) in [5.41, 5.74) is 3.35. The molecule has 1 aliphatic rings. The first-order valence-corrected chi connectivity index (χ1v) is 9.16. The molecule has 25 heavy (non-hydrogen) atoms. The van der Waals surface area contributed by atoms with Crippen molar-refractivity contribution in [2.45, 2.75) is 25.4 Å². The highest BCUT2D eigenvalue weighted by atomic mass is 16.5. The van der Waals surface area contributed by atoms with Gasteiger partial charge in [0.2, 0.25) is 0 Å². The van der Waals surface area contributed by atoms with Crippen molar-refractivity contribution in [1.29, 1.82) is 0 Å². The SMILES string of the molecule is CNc1ccc(-c2ccccc2)c(OCCCN2CCC(O)CC2)c1. The molecule has 0 radical (unpaired) electrons. The van der Waals surface area contributed by atoms with Gasteiger partial charge in [0.1, 0.15) is 5.75 Å². The fraction of sp³-hybridized carbons (Fsp3) is 0.429. The Morgan fingerprint density at radius 2 is 1.88 bits per heavy atom. The summed E-state index contributed by atoms with van der Waals surface area (Å²) < 4.78 is 6.13. The van der Waals surface area contributed by atoms with E-state index < -0.39 is 0 Å². The summed E-state index contributed by atoms with van der Waals surface area (Å²) >= 11 is 0. The number of ether oxygens (including phenoxy) is 1. The van der Waals surface area contributed by atoms with Crippen LogP contribution in [0.15, 0.2) is 48.5 Å². The second-order valence-corrected chi connectivity index (χ2v) is 6.60. The van der Waals surface area contributed by atoms with Crippen LogP contribution >= 0.6 is 0 Å². The summed E-state index contributed by atoms with van der Waals surface area (Å²) in [7, 11) is 1.92. The molecule has 0 bridgehead atoms. The minimum atomic E-state index is -0.106. The Morgan fingerprint density at radius 3 is 2.60 bits per heavy atom. The van der Waals surface area contributed by atoms with Crippen LogP contribution in [0, 0.1) is 0 Å². The van der Waals surface area contributed by atoms with E-state index in [1.54, 1.807) is 0 Å². The first-order chi connectivity index (χ1) is 12.3. The molecule has 3 rings (SSSR count). The molecule has 4 heteroatoms. The fourth-order valence-electron chi connectivity index (χ4n) is 3.27. The van der Waals surface area contributed by atoms with E-state index in [2.05, 4.69) is 52.7 Å². The van der Waals surface area contributed by atoms with Crippen molar-refractivity contribution in [1.82, 2.24) is 4.90 Å². The number of nitrogens with zero attached hydrogens (tertiary/aromatic N) is 1. The molecule has 0 aliphatic carbocycles. The number of piperidine rings is 1. The van der Waals surface area contributed by atoms with Gasteiger partial charge >= 0.3 is 0 Å². The molecule has 1 heterocycles. The lowest BCUT2D eigenvalue weighted by Crippen LogP contribution is -2.36. The molecule has 2 N–H and O–H groups in total. The summed E-state index contributed by atoms with van der Waals surface area (Å²) in [5.74, 6) is 0.923. The Hall–Kier alpha value is -2.04. The van der Waals surface area contributed by atoms with Crippen LogP contribution in [0.2, 0.25) is 0 Å². The maximum Gasteiger partial charge on any atom is 0.129 e. The van der Waals surface area contributed by atoms with Gasteiger partial charge in [-0.2, -0.15) is 0 Å². The third-order valence-electron chi connectivity index (χ3n) is 4.79. The third-order valence-corrected chi connectivity index (χ3v) is 4.79. The van der Waals surface area contributed by atoms with Crippen molar-refractivity contribution in [3.8, 4) is 16.9 Å². The van der Waals surface area contributed by atoms with Crippen LogP contribution in [-0.4, -0.2) is 49.4 Å². The van der Waals surface area contributed by atoms with Gasteiger partial charge in [0.05, 0.1) is 12.7 Å². The zero-order valence-corrected chi connectivity index (χ0v) is 14.9. The Bertz CT molecular complexity index is 652. The van der Waals surface area contributed by atoms with E-state index in [1.165, 1.54) is 5.56 Å². The van der Waals surface area contributed by atoms with E-state index >= 15 is 0 Å². The maximum absolute atomic E-state index is 9.58. The molecule has 0 spiro atoms. The van der Waals surface area contributed by atoms with Crippen LogP contribution in [0.5, 0.6) is 5.75 Å². The summed E-state index contributed by atoms with van der Waals surface area (Å²) in [6.07, 6.45) is 2.67. The second kappa shape index (κ2) is 8.88. The van der Waals surface area contributed by atoms with Crippen LogP contribution in [-0.2, 0) is 0 Å². The topological polar surface area (TPSA) is 44.7 Å². The molecular weight excluding hydrogens is 312 g/mol. The number of rotatable bonds is 7. The van der Waals surface area contributed by atoms with Gasteiger partial charge in [-0.3, -0.25) is 0 Å². The highest BCUT2D eigenvalue weighted by molar-refractivity contribution is 5.73. The fourth-order valence-corrected chi connectivity index (χ4v) is 3.27. The molecule has 1 fully saturated rings. The number of anilines is 1. The molecular formula is C21H28N2O2. The summed E-state index contributed by atoms with van der Waals surface area (Å²) in [4.78, 5) is 2.41. The van der Waals surface area contributed by atoms with Crippen LogP contribution in [0.4, 0.5) is 5.69 Å². The van der Waals surface area contributed by atoms with Crippen LogP contribution < -0.4 is 10.1 Å². The van der Waals surface area contributed by atoms with Gasteiger partial charge in [-0.05, 0) is 37.0 Å². The molecule has 2 aromatic rings. The van der Waals surface area contributed by atoms with Gasteiger partial charge in [-0.1, -0.05) is 30.3 Å². The maximum atomic E-state index is 9.58. The highest BCUT2D eigenvalue weighted by Crippen LogP contribution is 2.32. The van der Waals surface area contributed by atoms with Crippen molar-refractivity contribution in [2.24, 2.45) is 0 Å². The van der Waals surface area contributed by atoms with E-state index in [0.717, 1.165) is 55.9 Å². The van der Waals surface area contributed by atoms with Gasteiger partial charge in [0.15, 0.2) is 0 Å². The minimum Gasteiger partial charge on any atom is -0.493 e. The molecule has 1 aliphatic heterocycles. The lowest BCUT2D eigenvalue weighted by molar-refractivity contribution is 0.0800. The number of aliphatic hydroxyl groups excluding tert-OH is 1. The number of benzene rings is 2. The number of hydrogen-bond donors (Lipinski definition) is 2. The van der Waals surface area contributed by atoms with Gasteiger partial charge in [-0.25, -0.2) is 0 Å². The molecule has 1 saturated heterocycles. The monoisotopic (exact) mass is 340 g/mol. The molecule has 0 atom stereocenters. The largest absolute Gasteiger partial charge is 0.493 e. The Labute approximate surface area is 150 Å². The van der Waals surface area contributed by atoms with Crippen LogP contribution in [0.1, 0.15) is 19.3 Å². The van der Waals surface area contributed by atoms with E-state index in [9.17, 15) is 5.11 Å². The molecule has 0 amide bonds. The first-order valence-electron chi connectivity index (χ1n) is 9.16. The number of aliphatic hydroxyl groups is 1. The lowest BCUT2D eigenvalue weighted by Gasteiger charge is -2.29. The number of hydrogen-bond acceptors (Lipinski definition) is 4. The van der Waals surface area contributed by atoms with E-state index in [-0.39, 0.29) is 6.10 Å². The summed E-state index contributed by atoms with van der Waals surface area (Å²) in [6.45, 7) is 3.71. The Kier molecular flexibility index (Phi) is 6.31.